The van der Waals surface area contributed by atoms with Gasteiger partial charge in [0.2, 0.25) is 0 Å². The van der Waals surface area contributed by atoms with Gasteiger partial charge in [0.05, 0.1) is 5.60 Å². The second-order valence-corrected chi connectivity index (χ2v) is 3.81. The zero-order valence-corrected chi connectivity index (χ0v) is 7.21. The lowest BCUT2D eigenvalue weighted by Crippen LogP contribution is -2.33. The average molecular weight is 158 g/mol. The number of aliphatic hydroxyl groups is 2. The van der Waals surface area contributed by atoms with Crippen molar-refractivity contribution in [3.8, 4) is 0 Å². The maximum absolute atomic E-state index is 9.85. The quantitative estimate of drug-likeness (QED) is 0.650. The smallest absolute Gasteiger partial charge is 0.0669 e. The van der Waals surface area contributed by atoms with Gasteiger partial charge in [-0.25, -0.2) is 0 Å². The van der Waals surface area contributed by atoms with Gasteiger partial charge in [-0.15, -0.1) is 0 Å². The lowest BCUT2D eigenvalue weighted by molar-refractivity contribution is -0.0185. The summed E-state index contributed by atoms with van der Waals surface area (Å²) < 4.78 is 0. The highest BCUT2D eigenvalue weighted by molar-refractivity contribution is 4.84. The standard InChI is InChI=1S/C9H18O2/c1-9(11,6-7-10)8-4-2-3-5-8/h8,10-11H,2-7H2,1H3. The second-order valence-electron chi connectivity index (χ2n) is 3.81. The lowest BCUT2D eigenvalue weighted by atomic mass is 9.85. The molecule has 0 aromatic heterocycles. The van der Waals surface area contributed by atoms with Crippen LogP contribution in [-0.4, -0.2) is 22.4 Å². The van der Waals surface area contributed by atoms with Gasteiger partial charge in [0.25, 0.3) is 0 Å². The van der Waals surface area contributed by atoms with Crippen LogP contribution in [0.4, 0.5) is 0 Å². The van der Waals surface area contributed by atoms with Crippen LogP contribution in [-0.2, 0) is 0 Å². The molecule has 1 unspecified atom stereocenters. The molecule has 0 aromatic carbocycles. The van der Waals surface area contributed by atoms with Crippen LogP contribution < -0.4 is 0 Å². The van der Waals surface area contributed by atoms with Crippen LogP contribution in [0.1, 0.15) is 39.0 Å². The Kier molecular flexibility index (Phi) is 2.90. The van der Waals surface area contributed by atoms with Crippen molar-refractivity contribution in [1.82, 2.24) is 0 Å². The Balaban J connectivity index is 2.41. The van der Waals surface area contributed by atoms with E-state index in [1.807, 2.05) is 6.92 Å². The van der Waals surface area contributed by atoms with E-state index in [0.717, 1.165) is 12.8 Å². The molecule has 0 amide bonds. The van der Waals surface area contributed by atoms with Gasteiger partial charge in [0.15, 0.2) is 0 Å². The SMILES string of the molecule is CC(O)(CCO)C1CCCC1. The van der Waals surface area contributed by atoms with Crippen LogP contribution in [0.15, 0.2) is 0 Å². The van der Waals surface area contributed by atoms with E-state index in [-0.39, 0.29) is 6.61 Å². The van der Waals surface area contributed by atoms with Gasteiger partial charge in [-0.1, -0.05) is 12.8 Å². The maximum atomic E-state index is 9.85. The molecule has 2 nitrogen and oxygen atoms in total. The van der Waals surface area contributed by atoms with Crippen LogP contribution >= 0.6 is 0 Å². The van der Waals surface area contributed by atoms with E-state index in [4.69, 9.17) is 5.11 Å². The lowest BCUT2D eigenvalue weighted by Gasteiger charge is -2.29. The first-order chi connectivity index (χ1) is 5.17. The monoisotopic (exact) mass is 158 g/mol. The molecule has 0 aliphatic heterocycles. The predicted molar refractivity (Wildman–Crippen MR) is 44.3 cm³/mol. The normalized spacial score (nSPS) is 25.4. The molecule has 2 heteroatoms. The number of aliphatic hydroxyl groups excluding tert-OH is 1. The molecule has 1 aliphatic carbocycles. The third-order valence-electron chi connectivity index (χ3n) is 2.85. The van der Waals surface area contributed by atoms with Gasteiger partial charge >= 0.3 is 0 Å². The van der Waals surface area contributed by atoms with Crippen molar-refractivity contribution in [3.05, 3.63) is 0 Å². The molecule has 2 N–H and O–H groups in total. The molecule has 1 saturated carbocycles. The van der Waals surface area contributed by atoms with Crippen LogP contribution in [0, 0.1) is 5.92 Å². The van der Waals surface area contributed by atoms with E-state index in [0.29, 0.717) is 12.3 Å². The molecule has 0 spiro atoms. The molecule has 1 fully saturated rings. The first-order valence-corrected chi connectivity index (χ1v) is 4.50. The molecule has 1 atom stereocenters. The first-order valence-electron chi connectivity index (χ1n) is 4.50. The molecule has 0 saturated heterocycles. The summed E-state index contributed by atoms with van der Waals surface area (Å²) in [6.45, 7) is 1.95. The van der Waals surface area contributed by atoms with Crippen molar-refractivity contribution in [3.63, 3.8) is 0 Å². The number of rotatable bonds is 3. The molecule has 0 radical (unpaired) electrons. The third kappa shape index (κ3) is 2.17. The van der Waals surface area contributed by atoms with Crippen molar-refractivity contribution in [2.45, 2.75) is 44.6 Å². The van der Waals surface area contributed by atoms with Gasteiger partial charge in [0, 0.05) is 6.61 Å². The summed E-state index contributed by atoms with van der Waals surface area (Å²) >= 11 is 0. The van der Waals surface area contributed by atoms with Crippen LogP contribution in [0.2, 0.25) is 0 Å². The second kappa shape index (κ2) is 3.55. The Labute approximate surface area is 68.2 Å². The van der Waals surface area contributed by atoms with Gasteiger partial charge in [-0.2, -0.15) is 0 Å². The minimum atomic E-state index is -0.620. The molecular formula is C9H18O2. The summed E-state index contributed by atoms with van der Waals surface area (Å²) in [6, 6.07) is 0. The van der Waals surface area contributed by atoms with E-state index >= 15 is 0 Å². The Bertz CT molecular complexity index is 115. The minimum Gasteiger partial charge on any atom is -0.396 e. The zero-order chi connectivity index (χ0) is 8.32. The van der Waals surface area contributed by atoms with E-state index in [9.17, 15) is 5.11 Å². The fraction of sp³-hybridized carbons (Fsp3) is 1.00. The molecule has 0 bridgehead atoms. The topological polar surface area (TPSA) is 40.5 Å². The van der Waals surface area contributed by atoms with Crippen molar-refractivity contribution >= 4 is 0 Å². The fourth-order valence-corrected chi connectivity index (χ4v) is 1.98. The Morgan fingerprint density at radius 1 is 1.36 bits per heavy atom. The third-order valence-corrected chi connectivity index (χ3v) is 2.85. The van der Waals surface area contributed by atoms with Crippen LogP contribution in [0.5, 0.6) is 0 Å². The molecule has 1 aliphatic rings. The largest absolute Gasteiger partial charge is 0.396 e. The molecular weight excluding hydrogens is 140 g/mol. The van der Waals surface area contributed by atoms with Crippen molar-refractivity contribution in [2.24, 2.45) is 5.92 Å². The maximum Gasteiger partial charge on any atom is 0.0669 e. The van der Waals surface area contributed by atoms with Gasteiger partial charge in [-0.05, 0) is 32.1 Å². The Morgan fingerprint density at radius 2 is 1.91 bits per heavy atom. The molecule has 11 heavy (non-hydrogen) atoms. The highest BCUT2D eigenvalue weighted by Gasteiger charge is 2.32. The predicted octanol–water partition coefficient (Wildman–Crippen LogP) is 1.31. The number of hydrogen-bond acceptors (Lipinski definition) is 2. The molecule has 66 valence electrons. The van der Waals surface area contributed by atoms with E-state index in [1.54, 1.807) is 0 Å². The average Bonchev–Trinajstić information content (AvgIpc) is 2.37. The van der Waals surface area contributed by atoms with Gasteiger partial charge in [-0.3, -0.25) is 0 Å². The fourth-order valence-electron chi connectivity index (χ4n) is 1.98. The van der Waals surface area contributed by atoms with Crippen molar-refractivity contribution in [1.29, 1.82) is 0 Å². The van der Waals surface area contributed by atoms with Crippen molar-refractivity contribution < 1.29 is 10.2 Å². The van der Waals surface area contributed by atoms with Crippen LogP contribution in [0.25, 0.3) is 0 Å². The Hall–Kier alpha value is -0.0800. The highest BCUT2D eigenvalue weighted by Crippen LogP contribution is 2.35. The summed E-state index contributed by atoms with van der Waals surface area (Å²) in [5.41, 5.74) is -0.620. The summed E-state index contributed by atoms with van der Waals surface area (Å²) in [5, 5.41) is 18.6. The Morgan fingerprint density at radius 3 is 2.36 bits per heavy atom. The summed E-state index contributed by atoms with van der Waals surface area (Å²) in [7, 11) is 0. The van der Waals surface area contributed by atoms with Crippen molar-refractivity contribution in [2.75, 3.05) is 6.61 Å². The zero-order valence-electron chi connectivity index (χ0n) is 7.21. The van der Waals surface area contributed by atoms with Gasteiger partial charge in [0.1, 0.15) is 0 Å². The number of hydrogen-bond donors (Lipinski definition) is 2. The summed E-state index contributed by atoms with van der Waals surface area (Å²) in [6.07, 6.45) is 5.27. The summed E-state index contributed by atoms with van der Waals surface area (Å²) in [5.74, 6) is 0.426. The highest BCUT2D eigenvalue weighted by atomic mass is 16.3. The van der Waals surface area contributed by atoms with E-state index in [2.05, 4.69) is 0 Å². The van der Waals surface area contributed by atoms with Gasteiger partial charge < -0.3 is 10.2 Å². The minimum absolute atomic E-state index is 0.101. The molecule has 0 aromatic rings. The molecule has 0 heterocycles. The first kappa shape index (κ1) is 9.01. The summed E-state index contributed by atoms with van der Waals surface area (Å²) in [4.78, 5) is 0. The van der Waals surface area contributed by atoms with E-state index < -0.39 is 5.60 Å². The molecule has 1 rings (SSSR count). The van der Waals surface area contributed by atoms with E-state index in [1.165, 1.54) is 12.8 Å². The van der Waals surface area contributed by atoms with Crippen LogP contribution in [0.3, 0.4) is 0 Å².